The first-order chi connectivity index (χ1) is 7.94. The Morgan fingerprint density at radius 3 is 2.71 bits per heavy atom. The van der Waals surface area contributed by atoms with Gasteiger partial charge in [0.05, 0.1) is 11.5 Å². The van der Waals surface area contributed by atoms with E-state index in [1.54, 1.807) is 18.3 Å². The second-order valence-electron chi connectivity index (χ2n) is 4.01. The lowest BCUT2D eigenvalue weighted by atomic mass is 10.3. The number of nitrogens with two attached hydrogens (primary N) is 1. The molecule has 0 radical (unpaired) electrons. The van der Waals surface area contributed by atoms with Crippen molar-refractivity contribution >= 4 is 9.84 Å². The van der Waals surface area contributed by atoms with Crippen LogP contribution in [0.15, 0.2) is 29.2 Å². The molecule has 0 saturated carbocycles. The number of hydrogen-bond donors (Lipinski definition) is 1. The van der Waals surface area contributed by atoms with E-state index in [0.717, 1.165) is 0 Å². The Morgan fingerprint density at radius 1 is 1.41 bits per heavy atom. The molecule has 0 aliphatic heterocycles. The molecule has 1 aromatic rings. The molecule has 0 aromatic carbocycles. The summed E-state index contributed by atoms with van der Waals surface area (Å²) in [5.41, 5.74) is 5.42. The zero-order valence-corrected chi connectivity index (χ0v) is 10.7. The Balaban J connectivity index is 2.62. The molecule has 0 bridgehead atoms. The summed E-state index contributed by atoms with van der Waals surface area (Å²) in [6.45, 7) is 2.03. The number of nitrogens with zero attached hydrogens (tertiary/aromatic N) is 1. The first-order valence-electron chi connectivity index (χ1n) is 5.56. The summed E-state index contributed by atoms with van der Waals surface area (Å²) in [5.74, 6) is -0.0737. The van der Waals surface area contributed by atoms with Crippen molar-refractivity contribution in [3.8, 4) is 0 Å². The largest absolute Gasteiger partial charge is 0.327 e. The highest BCUT2D eigenvalue weighted by Crippen LogP contribution is 1.98. The number of aromatic nitrogens is 1. The van der Waals surface area contributed by atoms with E-state index in [2.05, 4.69) is 0 Å². The van der Waals surface area contributed by atoms with Gasteiger partial charge in [-0.1, -0.05) is 13.0 Å². The van der Waals surface area contributed by atoms with Gasteiger partial charge < -0.3 is 10.3 Å². The Bertz CT molecular complexity index is 507. The smallest absolute Gasteiger partial charge is 0.250 e. The Kier molecular flexibility index (Phi) is 4.89. The number of sulfone groups is 1. The van der Waals surface area contributed by atoms with Gasteiger partial charge in [-0.25, -0.2) is 8.42 Å². The van der Waals surface area contributed by atoms with Crippen molar-refractivity contribution in [3.63, 3.8) is 0 Å². The lowest BCUT2D eigenvalue weighted by Crippen LogP contribution is -2.32. The van der Waals surface area contributed by atoms with Crippen molar-refractivity contribution in [2.24, 2.45) is 5.73 Å². The number of hydrogen-bond acceptors (Lipinski definition) is 4. The highest BCUT2D eigenvalue weighted by molar-refractivity contribution is 7.91. The van der Waals surface area contributed by atoms with E-state index in [9.17, 15) is 13.2 Å². The van der Waals surface area contributed by atoms with Crippen molar-refractivity contribution < 1.29 is 8.42 Å². The Labute approximate surface area is 101 Å². The maximum atomic E-state index is 11.7. The maximum Gasteiger partial charge on any atom is 0.250 e. The monoisotopic (exact) mass is 258 g/mol. The van der Waals surface area contributed by atoms with E-state index in [4.69, 9.17) is 5.73 Å². The predicted molar refractivity (Wildman–Crippen MR) is 67.6 cm³/mol. The molecular weight excluding hydrogens is 240 g/mol. The van der Waals surface area contributed by atoms with E-state index in [1.165, 1.54) is 10.6 Å². The van der Waals surface area contributed by atoms with E-state index in [-0.39, 0.29) is 29.7 Å². The van der Waals surface area contributed by atoms with Gasteiger partial charge in [0.2, 0.25) is 0 Å². The van der Waals surface area contributed by atoms with Gasteiger partial charge in [0.1, 0.15) is 0 Å². The molecule has 1 heterocycles. The maximum absolute atomic E-state index is 11.7. The molecule has 0 spiro atoms. The van der Waals surface area contributed by atoms with Crippen molar-refractivity contribution in [1.82, 2.24) is 4.57 Å². The molecule has 17 heavy (non-hydrogen) atoms. The van der Waals surface area contributed by atoms with Crippen LogP contribution in [0.3, 0.4) is 0 Å². The highest BCUT2D eigenvalue weighted by Gasteiger charge is 2.15. The van der Waals surface area contributed by atoms with Gasteiger partial charge in [0, 0.05) is 24.8 Å². The number of pyridine rings is 1. The molecule has 0 amide bonds. The van der Waals surface area contributed by atoms with E-state index in [0.29, 0.717) is 6.42 Å². The number of aryl methyl sites for hydroxylation is 1. The van der Waals surface area contributed by atoms with Gasteiger partial charge in [0.15, 0.2) is 9.84 Å². The van der Waals surface area contributed by atoms with Gasteiger partial charge in [0.25, 0.3) is 5.56 Å². The summed E-state index contributed by atoms with van der Waals surface area (Å²) in [6.07, 6.45) is 2.21. The van der Waals surface area contributed by atoms with Gasteiger partial charge in [-0.2, -0.15) is 0 Å². The molecule has 1 unspecified atom stereocenters. The average Bonchev–Trinajstić information content (AvgIpc) is 2.27. The van der Waals surface area contributed by atoms with Crippen LogP contribution in [0, 0.1) is 0 Å². The molecule has 1 aromatic heterocycles. The van der Waals surface area contributed by atoms with E-state index >= 15 is 0 Å². The van der Waals surface area contributed by atoms with Crippen molar-refractivity contribution in [1.29, 1.82) is 0 Å². The van der Waals surface area contributed by atoms with Crippen LogP contribution >= 0.6 is 0 Å². The first-order valence-corrected chi connectivity index (χ1v) is 7.38. The van der Waals surface area contributed by atoms with E-state index in [1.807, 2.05) is 6.92 Å². The molecule has 6 heteroatoms. The normalized spacial score (nSPS) is 13.5. The molecular formula is C11H18N2O3S. The molecule has 0 aliphatic carbocycles. The molecule has 96 valence electrons. The standard InChI is InChI=1S/C11H18N2O3S/c1-2-10(12)9-17(15,16)8-7-13-6-4-3-5-11(13)14/h3-6,10H,2,7-9,12H2,1H3. The minimum absolute atomic E-state index is 0.0227. The molecule has 1 atom stereocenters. The van der Waals surface area contributed by atoms with Gasteiger partial charge in [-0.15, -0.1) is 0 Å². The predicted octanol–water partition coefficient (Wildman–Crippen LogP) is 0.000400. The fourth-order valence-electron chi connectivity index (χ4n) is 1.41. The van der Waals surface area contributed by atoms with Crippen molar-refractivity contribution in [3.05, 3.63) is 34.7 Å². The van der Waals surface area contributed by atoms with Crippen LogP contribution in [0.25, 0.3) is 0 Å². The summed E-state index contributed by atoms with van der Waals surface area (Å²) < 4.78 is 24.8. The molecule has 0 fully saturated rings. The van der Waals surface area contributed by atoms with Crippen molar-refractivity contribution in [2.45, 2.75) is 25.9 Å². The minimum atomic E-state index is -3.19. The number of rotatable bonds is 6. The topological polar surface area (TPSA) is 82.2 Å². The minimum Gasteiger partial charge on any atom is -0.327 e. The third-order valence-corrected chi connectivity index (χ3v) is 4.28. The first kappa shape index (κ1) is 13.9. The summed E-state index contributed by atoms with van der Waals surface area (Å²) in [5, 5.41) is 0. The van der Waals surface area contributed by atoms with Crippen LogP contribution in [-0.4, -0.2) is 30.5 Å². The van der Waals surface area contributed by atoms with E-state index < -0.39 is 9.84 Å². The van der Waals surface area contributed by atoms with Crippen LogP contribution in [0.2, 0.25) is 0 Å². The SMILES string of the molecule is CCC(N)CS(=O)(=O)CCn1ccccc1=O. The van der Waals surface area contributed by atoms with Crippen LogP contribution in [0.5, 0.6) is 0 Å². The molecule has 1 rings (SSSR count). The second-order valence-corrected chi connectivity index (χ2v) is 6.24. The summed E-state index contributed by atoms with van der Waals surface area (Å²) in [4.78, 5) is 11.4. The van der Waals surface area contributed by atoms with Crippen LogP contribution in [0.4, 0.5) is 0 Å². The van der Waals surface area contributed by atoms with Crippen LogP contribution in [0.1, 0.15) is 13.3 Å². The van der Waals surface area contributed by atoms with Crippen molar-refractivity contribution in [2.75, 3.05) is 11.5 Å². The Morgan fingerprint density at radius 2 is 2.12 bits per heavy atom. The molecule has 0 aliphatic rings. The fraction of sp³-hybridized carbons (Fsp3) is 0.545. The third-order valence-electron chi connectivity index (χ3n) is 2.53. The second kappa shape index (κ2) is 5.97. The summed E-state index contributed by atoms with van der Waals surface area (Å²) >= 11 is 0. The van der Waals surface area contributed by atoms with Gasteiger partial charge >= 0.3 is 0 Å². The lowest BCUT2D eigenvalue weighted by molar-refractivity contribution is 0.576. The van der Waals surface area contributed by atoms with Gasteiger partial charge in [-0.3, -0.25) is 4.79 Å². The molecule has 0 saturated heterocycles. The third kappa shape index (κ3) is 4.70. The zero-order valence-electron chi connectivity index (χ0n) is 9.87. The van der Waals surface area contributed by atoms with Crippen LogP contribution < -0.4 is 11.3 Å². The summed E-state index contributed by atoms with van der Waals surface area (Å²) in [6, 6.07) is 4.41. The molecule has 5 nitrogen and oxygen atoms in total. The van der Waals surface area contributed by atoms with Gasteiger partial charge in [-0.05, 0) is 12.5 Å². The fourth-order valence-corrected chi connectivity index (χ4v) is 2.94. The quantitative estimate of drug-likeness (QED) is 0.778. The summed E-state index contributed by atoms with van der Waals surface area (Å²) in [7, 11) is -3.19. The van der Waals surface area contributed by atoms with Crippen LogP contribution in [-0.2, 0) is 16.4 Å². The molecule has 2 N–H and O–H groups in total. The average molecular weight is 258 g/mol. The highest BCUT2D eigenvalue weighted by atomic mass is 32.2. The lowest BCUT2D eigenvalue weighted by Gasteiger charge is -2.10. The zero-order chi connectivity index (χ0) is 12.9. The Hall–Kier alpha value is -1.14.